The molecular formula is C14H13NO4. The van der Waals surface area contributed by atoms with E-state index in [4.69, 9.17) is 14.2 Å². The lowest BCUT2D eigenvalue weighted by atomic mass is 10.1. The van der Waals surface area contributed by atoms with Gasteiger partial charge in [0.2, 0.25) is 0 Å². The molecule has 1 aliphatic heterocycles. The zero-order valence-electron chi connectivity index (χ0n) is 10.5. The third-order valence-corrected chi connectivity index (χ3v) is 2.87. The molecule has 5 nitrogen and oxygen atoms in total. The number of aromatic nitrogens is 1. The van der Waals surface area contributed by atoms with Crippen LogP contribution in [0.25, 0.3) is 10.9 Å². The fraction of sp³-hybridized carbons (Fsp3) is 0.286. The quantitative estimate of drug-likeness (QED) is 0.774. The summed E-state index contributed by atoms with van der Waals surface area (Å²) >= 11 is 0. The molecule has 1 aliphatic rings. The monoisotopic (exact) mass is 259 g/mol. The van der Waals surface area contributed by atoms with Crippen LogP contribution in [0.2, 0.25) is 0 Å². The van der Waals surface area contributed by atoms with Crippen LogP contribution in [0.15, 0.2) is 24.4 Å². The number of hydrogen-bond acceptors (Lipinski definition) is 5. The number of ether oxygens (including phenoxy) is 3. The highest BCUT2D eigenvalue weighted by atomic mass is 16.6. The minimum atomic E-state index is -0.369. The molecule has 2 aromatic rings. The average Bonchev–Trinajstić information content (AvgIpc) is 2.46. The van der Waals surface area contributed by atoms with Gasteiger partial charge in [0.15, 0.2) is 11.5 Å². The molecule has 19 heavy (non-hydrogen) atoms. The molecule has 0 atom stereocenters. The summed E-state index contributed by atoms with van der Waals surface area (Å²) in [6.45, 7) is 3.17. The van der Waals surface area contributed by atoms with E-state index in [2.05, 4.69) is 4.98 Å². The maximum absolute atomic E-state index is 11.7. The van der Waals surface area contributed by atoms with E-state index in [-0.39, 0.29) is 5.97 Å². The van der Waals surface area contributed by atoms with Crippen molar-refractivity contribution in [2.45, 2.75) is 6.92 Å². The van der Waals surface area contributed by atoms with Crippen molar-refractivity contribution in [1.82, 2.24) is 4.98 Å². The van der Waals surface area contributed by atoms with E-state index in [1.807, 2.05) is 12.1 Å². The normalized spacial score (nSPS) is 13.3. The van der Waals surface area contributed by atoms with Crippen LogP contribution in [-0.2, 0) is 4.74 Å². The van der Waals surface area contributed by atoms with Gasteiger partial charge in [0.05, 0.1) is 12.2 Å². The number of carbonyl (C=O) groups excluding carboxylic acids is 1. The number of esters is 1. The van der Waals surface area contributed by atoms with Gasteiger partial charge in [-0.15, -0.1) is 0 Å². The van der Waals surface area contributed by atoms with Crippen LogP contribution in [0.5, 0.6) is 11.5 Å². The first kappa shape index (κ1) is 11.8. The standard InChI is InChI=1S/C14H13NO4/c1-2-17-14(16)10-7-9-3-4-11-13(12(9)15-8-10)19-6-5-18-11/h3-4,7-8H,2,5-6H2,1H3. The van der Waals surface area contributed by atoms with Crippen molar-refractivity contribution in [2.75, 3.05) is 19.8 Å². The topological polar surface area (TPSA) is 57.7 Å². The van der Waals surface area contributed by atoms with Gasteiger partial charge in [-0.2, -0.15) is 0 Å². The minimum Gasteiger partial charge on any atom is -0.486 e. The van der Waals surface area contributed by atoms with Crippen LogP contribution in [0, 0.1) is 0 Å². The van der Waals surface area contributed by atoms with Crippen LogP contribution in [0.1, 0.15) is 17.3 Å². The number of nitrogens with zero attached hydrogens (tertiary/aromatic N) is 1. The van der Waals surface area contributed by atoms with Crippen molar-refractivity contribution in [2.24, 2.45) is 0 Å². The molecule has 5 heteroatoms. The van der Waals surface area contributed by atoms with Crippen LogP contribution in [0.4, 0.5) is 0 Å². The second kappa shape index (κ2) is 4.76. The van der Waals surface area contributed by atoms with Crippen molar-refractivity contribution in [3.8, 4) is 11.5 Å². The lowest BCUT2D eigenvalue weighted by Crippen LogP contribution is -2.15. The summed E-state index contributed by atoms with van der Waals surface area (Å²) < 4.78 is 16.0. The molecule has 0 fully saturated rings. The minimum absolute atomic E-state index is 0.345. The zero-order chi connectivity index (χ0) is 13.2. The predicted octanol–water partition coefficient (Wildman–Crippen LogP) is 2.18. The Morgan fingerprint density at radius 3 is 3.05 bits per heavy atom. The first-order valence-corrected chi connectivity index (χ1v) is 6.15. The molecule has 0 spiro atoms. The summed E-state index contributed by atoms with van der Waals surface area (Å²) in [5, 5.41) is 0.829. The Balaban J connectivity index is 2.07. The number of pyridine rings is 1. The Morgan fingerprint density at radius 2 is 2.21 bits per heavy atom. The maximum Gasteiger partial charge on any atom is 0.339 e. The SMILES string of the molecule is CCOC(=O)c1cnc2c3c(ccc2c1)OCCO3. The van der Waals surface area contributed by atoms with E-state index in [1.54, 1.807) is 13.0 Å². The smallest absolute Gasteiger partial charge is 0.339 e. The van der Waals surface area contributed by atoms with Gasteiger partial charge in [0.1, 0.15) is 18.7 Å². The summed E-state index contributed by atoms with van der Waals surface area (Å²) in [5.74, 6) is 0.959. The summed E-state index contributed by atoms with van der Waals surface area (Å²) in [4.78, 5) is 16.0. The van der Waals surface area contributed by atoms with Gasteiger partial charge >= 0.3 is 5.97 Å². The van der Waals surface area contributed by atoms with Crippen molar-refractivity contribution < 1.29 is 19.0 Å². The molecule has 1 aromatic carbocycles. The van der Waals surface area contributed by atoms with E-state index < -0.39 is 0 Å². The third-order valence-electron chi connectivity index (χ3n) is 2.87. The van der Waals surface area contributed by atoms with Gasteiger partial charge in [-0.25, -0.2) is 4.79 Å². The first-order chi connectivity index (χ1) is 9.29. The first-order valence-electron chi connectivity index (χ1n) is 6.15. The van der Waals surface area contributed by atoms with Gasteiger partial charge in [0, 0.05) is 11.6 Å². The summed E-state index contributed by atoms with van der Waals surface area (Å²) in [5.41, 5.74) is 1.14. The Bertz CT molecular complexity index is 639. The molecule has 0 saturated heterocycles. The molecule has 0 bridgehead atoms. The molecule has 2 heterocycles. The van der Waals surface area contributed by atoms with Crippen molar-refractivity contribution >= 4 is 16.9 Å². The fourth-order valence-corrected chi connectivity index (χ4v) is 2.03. The van der Waals surface area contributed by atoms with Crippen LogP contribution < -0.4 is 9.47 Å². The summed E-state index contributed by atoms with van der Waals surface area (Å²) in [6, 6.07) is 5.44. The van der Waals surface area contributed by atoms with Gasteiger partial charge in [-0.05, 0) is 25.1 Å². The molecule has 1 aromatic heterocycles. The molecule has 0 unspecified atom stereocenters. The number of fused-ring (bicyclic) bond motifs is 3. The lowest BCUT2D eigenvalue weighted by molar-refractivity contribution is 0.0526. The van der Waals surface area contributed by atoms with E-state index in [1.165, 1.54) is 6.20 Å². The molecule has 0 radical (unpaired) electrons. The van der Waals surface area contributed by atoms with Crippen LogP contribution in [-0.4, -0.2) is 30.8 Å². The predicted molar refractivity (Wildman–Crippen MR) is 68.7 cm³/mol. The average molecular weight is 259 g/mol. The number of rotatable bonds is 2. The Kier molecular flexibility index (Phi) is 2.95. The van der Waals surface area contributed by atoms with Crippen LogP contribution in [0.3, 0.4) is 0 Å². The molecule has 0 aliphatic carbocycles. The summed E-state index contributed by atoms with van der Waals surface area (Å²) in [7, 11) is 0. The molecular weight excluding hydrogens is 246 g/mol. The Labute approximate surface area is 110 Å². The van der Waals surface area contributed by atoms with Crippen LogP contribution >= 0.6 is 0 Å². The molecule has 0 saturated carbocycles. The van der Waals surface area contributed by atoms with E-state index in [9.17, 15) is 4.79 Å². The highest BCUT2D eigenvalue weighted by Crippen LogP contribution is 2.36. The Hall–Kier alpha value is -2.30. The number of benzene rings is 1. The van der Waals surface area contributed by atoms with Gasteiger partial charge in [-0.1, -0.05) is 0 Å². The van der Waals surface area contributed by atoms with Gasteiger partial charge < -0.3 is 14.2 Å². The van der Waals surface area contributed by atoms with E-state index in [0.29, 0.717) is 42.4 Å². The number of hydrogen-bond donors (Lipinski definition) is 0. The third kappa shape index (κ3) is 2.07. The zero-order valence-corrected chi connectivity index (χ0v) is 10.5. The second-order valence-electron chi connectivity index (χ2n) is 4.11. The number of carbonyl (C=O) groups is 1. The molecule has 3 rings (SSSR count). The van der Waals surface area contributed by atoms with Crippen molar-refractivity contribution in [3.63, 3.8) is 0 Å². The molecule has 0 amide bonds. The van der Waals surface area contributed by atoms with E-state index >= 15 is 0 Å². The summed E-state index contributed by atoms with van der Waals surface area (Å²) in [6.07, 6.45) is 1.50. The van der Waals surface area contributed by atoms with Gasteiger partial charge in [0.25, 0.3) is 0 Å². The highest BCUT2D eigenvalue weighted by molar-refractivity contribution is 5.95. The second-order valence-corrected chi connectivity index (χ2v) is 4.11. The van der Waals surface area contributed by atoms with Crippen molar-refractivity contribution in [1.29, 1.82) is 0 Å². The van der Waals surface area contributed by atoms with Crippen molar-refractivity contribution in [3.05, 3.63) is 30.0 Å². The molecule has 0 N–H and O–H groups in total. The highest BCUT2D eigenvalue weighted by Gasteiger charge is 2.17. The lowest BCUT2D eigenvalue weighted by Gasteiger charge is -2.19. The largest absolute Gasteiger partial charge is 0.486 e. The van der Waals surface area contributed by atoms with Gasteiger partial charge in [-0.3, -0.25) is 4.98 Å². The Morgan fingerprint density at radius 1 is 1.37 bits per heavy atom. The fourth-order valence-electron chi connectivity index (χ4n) is 2.03. The molecule has 98 valence electrons. The maximum atomic E-state index is 11.7. The van der Waals surface area contributed by atoms with E-state index in [0.717, 1.165) is 5.39 Å².